The number of nitrogens with one attached hydrogen (secondary N) is 1. The Morgan fingerprint density at radius 3 is 2.28 bits per heavy atom. The number of rotatable bonds is 4. The number of hydrogen-bond acceptors (Lipinski definition) is 1. The van der Waals surface area contributed by atoms with Crippen LogP contribution in [-0.4, -0.2) is 12.5 Å². The molecule has 18 heavy (non-hydrogen) atoms. The number of hydrogen-bond donors (Lipinski definition) is 1. The van der Waals surface area contributed by atoms with E-state index in [2.05, 4.69) is 26.1 Å². The molecule has 0 aliphatic rings. The minimum Gasteiger partial charge on any atom is -0.356 e. The summed E-state index contributed by atoms with van der Waals surface area (Å²) in [6, 6.07) is 6.36. The lowest BCUT2D eigenvalue weighted by molar-refractivity contribution is -0.128. The molecule has 0 bridgehead atoms. The number of benzene rings is 1. The molecule has 0 aliphatic carbocycles. The zero-order chi connectivity index (χ0) is 13.8. The van der Waals surface area contributed by atoms with Crippen LogP contribution >= 0.6 is 0 Å². The Morgan fingerprint density at radius 2 is 1.83 bits per heavy atom. The third-order valence-electron chi connectivity index (χ3n) is 3.07. The van der Waals surface area contributed by atoms with Crippen LogP contribution in [0.4, 0.5) is 4.39 Å². The van der Waals surface area contributed by atoms with E-state index in [0.29, 0.717) is 13.0 Å². The van der Waals surface area contributed by atoms with E-state index in [9.17, 15) is 9.18 Å². The van der Waals surface area contributed by atoms with Gasteiger partial charge in [-0.15, -0.1) is 0 Å². The summed E-state index contributed by atoms with van der Waals surface area (Å²) in [7, 11) is 0. The molecule has 1 aromatic carbocycles. The van der Waals surface area contributed by atoms with E-state index in [1.54, 1.807) is 12.1 Å². The van der Waals surface area contributed by atoms with Gasteiger partial charge in [0.1, 0.15) is 5.82 Å². The molecular formula is C15H22FNO. The molecule has 0 spiro atoms. The van der Waals surface area contributed by atoms with Gasteiger partial charge in [-0.1, -0.05) is 32.9 Å². The fourth-order valence-corrected chi connectivity index (χ4v) is 1.95. The fourth-order valence-electron chi connectivity index (χ4n) is 1.95. The monoisotopic (exact) mass is 251 g/mol. The lowest BCUT2D eigenvalue weighted by Crippen LogP contribution is -2.39. The molecule has 0 saturated carbocycles. The van der Waals surface area contributed by atoms with Crippen molar-refractivity contribution in [3.63, 3.8) is 0 Å². The van der Waals surface area contributed by atoms with Crippen LogP contribution in [0.15, 0.2) is 24.3 Å². The molecule has 100 valence electrons. The quantitative estimate of drug-likeness (QED) is 0.875. The summed E-state index contributed by atoms with van der Waals surface area (Å²) in [6.07, 6.45) is 0.635. The fraction of sp³-hybridized carbons (Fsp3) is 0.533. The van der Waals surface area contributed by atoms with Gasteiger partial charge in [-0.2, -0.15) is 0 Å². The SMILES string of the molecule is CCNC(=O)[C@@H](Cc1ccc(F)cc1)C(C)(C)C. The summed E-state index contributed by atoms with van der Waals surface area (Å²) in [4.78, 5) is 12.1. The molecule has 0 aliphatic heterocycles. The Balaban J connectivity index is 2.85. The third kappa shape index (κ3) is 4.13. The topological polar surface area (TPSA) is 29.1 Å². The van der Waals surface area contributed by atoms with Crippen molar-refractivity contribution in [2.75, 3.05) is 6.54 Å². The molecule has 2 nitrogen and oxygen atoms in total. The highest BCUT2D eigenvalue weighted by Gasteiger charge is 2.30. The predicted octanol–water partition coefficient (Wildman–Crippen LogP) is 3.17. The zero-order valence-electron chi connectivity index (χ0n) is 11.6. The van der Waals surface area contributed by atoms with Gasteiger partial charge in [0, 0.05) is 12.5 Å². The van der Waals surface area contributed by atoms with Crippen molar-refractivity contribution in [2.24, 2.45) is 11.3 Å². The smallest absolute Gasteiger partial charge is 0.223 e. The van der Waals surface area contributed by atoms with Crippen molar-refractivity contribution in [1.29, 1.82) is 0 Å². The van der Waals surface area contributed by atoms with Gasteiger partial charge in [-0.05, 0) is 36.5 Å². The maximum absolute atomic E-state index is 12.9. The molecule has 0 saturated heterocycles. The van der Waals surface area contributed by atoms with E-state index in [1.165, 1.54) is 12.1 Å². The molecule has 0 fully saturated rings. The molecule has 1 amide bonds. The molecule has 3 heteroatoms. The molecule has 1 aromatic rings. The molecule has 0 radical (unpaired) electrons. The van der Waals surface area contributed by atoms with E-state index < -0.39 is 0 Å². The number of carbonyl (C=O) groups is 1. The van der Waals surface area contributed by atoms with Crippen molar-refractivity contribution in [3.05, 3.63) is 35.6 Å². The predicted molar refractivity (Wildman–Crippen MR) is 71.7 cm³/mol. The van der Waals surface area contributed by atoms with Gasteiger partial charge in [0.2, 0.25) is 5.91 Å². The Morgan fingerprint density at radius 1 is 1.28 bits per heavy atom. The van der Waals surface area contributed by atoms with Crippen LogP contribution in [0, 0.1) is 17.2 Å². The lowest BCUT2D eigenvalue weighted by Gasteiger charge is -2.29. The van der Waals surface area contributed by atoms with Crippen molar-refractivity contribution < 1.29 is 9.18 Å². The van der Waals surface area contributed by atoms with Gasteiger partial charge >= 0.3 is 0 Å². The van der Waals surface area contributed by atoms with Crippen LogP contribution < -0.4 is 5.32 Å². The second kappa shape index (κ2) is 5.98. The summed E-state index contributed by atoms with van der Waals surface area (Å²) in [5.74, 6) is -0.290. The number of carbonyl (C=O) groups excluding carboxylic acids is 1. The minimum atomic E-state index is -0.246. The number of amides is 1. The molecular weight excluding hydrogens is 229 g/mol. The van der Waals surface area contributed by atoms with Crippen LogP contribution in [0.5, 0.6) is 0 Å². The molecule has 0 aromatic heterocycles. The van der Waals surface area contributed by atoms with E-state index >= 15 is 0 Å². The Labute approximate surface area is 109 Å². The summed E-state index contributed by atoms with van der Waals surface area (Å²) >= 11 is 0. The normalized spacial score (nSPS) is 13.2. The van der Waals surface area contributed by atoms with Gasteiger partial charge < -0.3 is 5.32 Å². The van der Waals surface area contributed by atoms with E-state index in [4.69, 9.17) is 0 Å². The summed E-state index contributed by atoms with van der Waals surface area (Å²) < 4.78 is 12.9. The van der Waals surface area contributed by atoms with Crippen LogP contribution in [0.1, 0.15) is 33.3 Å². The summed E-state index contributed by atoms with van der Waals surface area (Å²) in [5, 5.41) is 2.87. The minimum absolute atomic E-state index is 0.0642. The molecule has 1 atom stereocenters. The largest absolute Gasteiger partial charge is 0.356 e. The van der Waals surface area contributed by atoms with Crippen LogP contribution in [0.3, 0.4) is 0 Å². The van der Waals surface area contributed by atoms with E-state index in [1.807, 2.05) is 6.92 Å². The van der Waals surface area contributed by atoms with Crippen molar-refractivity contribution in [3.8, 4) is 0 Å². The third-order valence-corrected chi connectivity index (χ3v) is 3.07. The van der Waals surface area contributed by atoms with E-state index in [0.717, 1.165) is 5.56 Å². The van der Waals surface area contributed by atoms with Crippen molar-refractivity contribution in [2.45, 2.75) is 34.1 Å². The summed E-state index contributed by atoms with van der Waals surface area (Å²) in [6.45, 7) is 8.70. The van der Waals surface area contributed by atoms with Gasteiger partial charge in [-0.25, -0.2) is 4.39 Å². The summed E-state index contributed by atoms with van der Waals surface area (Å²) in [5.41, 5.74) is 0.871. The highest BCUT2D eigenvalue weighted by molar-refractivity contribution is 5.79. The molecule has 1 rings (SSSR count). The Bertz CT molecular complexity index is 392. The van der Waals surface area contributed by atoms with Crippen LogP contribution in [0.25, 0.3) is 0 Å². The van der Waals surface area contributed by atoms with Crippen molar-refractivity contribution in [1.82, 2.24) is 5.32 Å². The Kier molecular flexibility index (Phi) is 4.88. The first-order valence-corrected chi connectivity index (χ1v) is 6.36. The average molecular weight is 251 g/mol. The highest BCUT2D eigenvalue weighted by atomic mass is 19.1. The first-order chi connectivity index (χ1) is 8.34. The Hall–Kier alpha value is -1.38. The molecule has 0 unspecified atom stereocenters. The van der Waals surface area contributed by atoms with Crippen LogP contribution in [0.2, 0.25) is 0 Å². The van der Waals surface area contributed by atoms with Crippen molar-refractivity contribution >= 4 is 5.91 Å². The maximum atomic E-state index is 12.9. The maximum Gasteiger partial charge on any atom is 0.223 e. The van der Waals surface area contributed by atoms with Gasteiger partial charge in [0.15, 0.2) is 0 Å². The second-order valence-electron chi connectivity index (χ2n) is 5.64. The van der Waals surface area contributed by atoms with Gasteiger partial charge in [0.25, 0.3) is 0 Å². The molecule has 0 heterocycles. The first-order valence-electron chi connectivity index (χ1n) is 6.36. The average Bonchev–Trinajstić information content (AvgIpc) is 2.26. The van der Waals surface area contributed by atoms with Gasteiger partial charge in [-0.3, -0.25) is 4.79 Å². The first kappa shape index (κ1) is 14.7. The highest BCUT2D eigenvalue weighted by Crippen LogP contribution is 2.29. The standard InChI is InChI=1S/C15H22FNO/c1-5-17-14(18)13(15(2,3)4)10-11-6-8-12(16)9-7-11/h6-9,13H,5,10H2,1-4H3,(H,17,18)/t13-/m1/s1. The van der Waals surface area contributed by atoms with Gasteiger partial charge in [0.05, 0.1) is 0 Å². The lowest BCUT2D eigenvalue weighted by atomic mass is 9.76. The second-order valence-corrected chi connectivity index (χ2v) is 5.64. The molecule has 1 N–H and O–H groups in total. The zero-order valence-corrected chi connectivity index (χ0v) is 11.6. The number of halogens is 1. The van der Waals surface area contributed by atoms with E-state index in [-0.39, 0.29) is 23.1 Å². The van der Waals surface area contributed by atoms with Crippen LogP contribution in [-0.2, 0) is 11.2 Å².